The second kappa shape index (κ2) is 11.6. The average molecular weight is 696 g/mol. The molecule has 0 atom stereocenters. The molecule has 5 aliphatic carbocycles. The number of benzene rings is 7. The minimum absolute atomic E-state index is 0.0876. The number of hydrogen-bond donors (Lipinski definition) is 0. The molecule has 0 radical (unpaired) electrons. The first-order valence-electron chi connectivity index (χ1n) is 19.9. The van der Waals surface area contributed by atoms with Crippen molar-refractivity contribution in [2.45, 2.75) is 37.5 Å². The van der Waals surface area contributed by atoms with Gasteiger partial charge in [-0.25, -0.2) is 0 Å². The van der Waals surface area contributed by atoms with Crippen LogP contribution in [0.15, 0.2) is 168 Å². The van der Waals surface area contributed by atoms with Crippen LogP contribution >= 0.6 is 0 Å². The Morgan fingerprint density at radius 2 is 1.06 bits per heavy atom. The van der Waals surface area contributed by atoms with Gasteiger partial charge < -0.3 is 9.32 Å². The maximum atomic E-state index is 6.46. The predicted octanol–water partition coefficient (Wildman–Crippen LogP) is 14.1. The summed E-state index contributed by atoms with van der Waals surface area (Å²) in [6.45, 7) is 0. The third kappa shape index (κ3) is 4.34. The molecule has 1 aromatic heterocycles. The lowest BCUT2D eigenvalue weighted by molar-refractivity contribution is -0.0399. The van der Waals surface area contributed by atoms with E-state index in [-0.39, 0.29) is 5.41 Å². The largest absolute Gasteiger partial charge is 0.456 e. The molecule has 54 heavy (non-hydrogen) atoms. The van der Waals surface area contributed by atoms with Crippen molar-refractivity contribution in [3.63, 3.8) is 0 Å². The third-order valence-corrected chi connectivity index (χ3v) is 13.8. The maximum absolute atomic E-state index is 6.46. The van der Waals surface area contributed by atoms with Gasteiger partial charge in [0.25, 0.3) is 0 Å². The van der Waals surface area contributed by atoms with E-state index < -0.39 is 0 Å². The van der Waals surface area contributed by atoms with Crippen molar-refractivity contribution in [3.8, 4) is 33.4 Å². The molecular formula is C52H41NO. The monoisotopic (exact) mass is 695 g/mol. The number of fused-ring (bicyclic) bond motifs is 6. The van der Waals surface area contributed by atoms with Crippen LogP contribution in [-0.2, 0) is 5.41 Å². The number of hydrogen-bond acceptors (Lipinski definition) is 2. The van der Waals surface area contributed by atoms with E-state index in [0.717, 1.165) is 45.1 Å². The molecule has 0 amide bonds. The van der Waals surface area contributed by atoms with Crippen LogP contribution in [0.4, 0.5) is 17.1 Å². The van der Waals surface area contributed by atoms with Crippen LogP contribution in [0.5, 0.6) is 0 Å². The minimum atomic E-state index is 0.0876. The van der Waals surface area contributed by atoms with Crippen molar-refractivity contribution < 1.29 is 4.42 Å². The molecule has 2 nitrogen and oxygen atoms in total. The summed E-state index contributed by atoms with van der Waals surface area (Å²) >= 11 is 0. The third-order valence-electron chi connectivity index (χ3n) is 13.8. The SMILES string of the molecule is c1ccc(-c2ccc(N(c3ccc4c(c3)-c3ccc(-c5ccccc5)cc3C43C4CC5CC(C4)CC3C5)c3cccc4oc5ccccc5c34)cc2)cc1. The van der Waals surface area contributed by atoms with Gasteiger partial charge in [0.1, 0.15) is 11.2 Å². The molecule has 2 heteroatoms. The lowest BCUT2D eigenvalue weighted by atomic mass is 9.43. The van der Waals surface area contributed by atoms with Gasteiger partial charge in [-0.1, -0.05) is 115 Å². The fourth-order valence-corrected chi connectivity index (χ4v) is 11.9. The van der Waals surface area contributed by atoms with Crippen molar-refractivity contribution in [1.82, 2.24) is 0 Å². The number of anilines is 3. The fourth-order valence-electron chi connectivity index (χ4n) is 11.9. The molecular weight excluding hydrogens is 655 g/mol. The molecule has 4 bridgehead atoms. The van der Waals surface area contributed by atoms with E-state index in [4.69, 9.17) is 4.42 Å². The van der Waals surface area contributed by atoms with Crippen LogP contribution < -0.4 is 4.90 Å². The van der Waals surface area contributed by atoms with E-state index in [1.54, 1.807) is 11.1 Å². The topological polar surface area (TPSA) is 16.4 Å². The molecule has 0 aliphatic heterocycles. The molecule has 4 saturated carbocycles. The first-order chi connectivity index (χ1) is 26.7. The summed E-state index contributed by atoms with van der Waals surface area (Å²) in [5.41, 5.74) is 16.5. The van der Waals surface area contributed by atoms with Gasteiger partial charge in [-0.2, -0.15) is 0 Å². The highest BCUT2D eigenvalue weighted by Gasteiger charge is 2.61. The Hall–Kier alpha value is -5.86. The van der Waals surface area contributed by atoms with E-state index >= 15 is 0 Å². The van der Waals surface area contributed by atoms with Crippen molar-refractivity contribution in [3.05, 3.63) is 175 Å². The second-order valence-corrected chi connectivity index (χ2v) is 16.5. The molecule has 4 fully saturated rings. The van der Waals surface area contributed by atoms with Crippen molar-refractivity contribution in [2.75, 3.05) is 4.90 Å². The highest BCUT2D eigenvalue weighted by molar-refractivity contribution is 6.13. The van der Waals surface area contributed by atoms with Gasteiger partial charge in [0.05, 0.1) is 11.1 Å². The quantitative estimate of drug-likeness (QED) is 0.178. The van der Waals surface area contributed by atoms with Gasteiger partial charge >= 0.3 is 0 Å². The summed E-state index contributed by atoms with van der Waals surface area (Å²) in [5, 5.41) is 2.28. The molecule has 13 rings (SSSR count). The number of furan rings is 1. The summed E-state index contributed by atoms with van der Waals surface area (Å²) in [6.07, 6.45) is 6.95. The molecule has 1 spiro atoms. The summed E-state index contributed by atoms with van der Waals surface area (Å²) < 4.78 is 6.46. The summed E-state index contributed by atoms with van der Waals surface area (Å²) in [6, 6.07) is 60.7. The second-order valence-electron chi connectivity index (χ2n) is 16.5. The maximum Gasteiger partial charge on any atom is 0.137 e. The highest BCUT2D eigenvalue weighted by Crippen LogP contribution is 2.70. The first-order valence-corrected chi connectivity index (χ1v) is 19.9. The Morgan fingerprint density at radius 1 is 0.444 bits per heavy atom. The Balaban J connectivity index is 1.08. The molecule has 0 N–H and O–H groups in total. The Morgan fingerprint density at radius 3 is 1.80 bits per heavy atom. The van der Waals surface area contributed by atoms with Crippen molar-refractivity contribution in [1.29, 1.82) is 0 Å². The molecule has 7 aromatic carbocycles. The average Bonchev–Trinajstić information content (AvgIpc) is 3.75. The lowest BCUT2D eigenvalue weighted by Crippen LogP contribution is -2.55. The Kier molecular flexibility index (Phi) is 6.55. The van der Waals surface area contributed by atoms with E-state index in [9.17, 15) is 0 Å². The van der Waals surface area contributed by atoms with Crippen LogP contribution in [0, 0.1) is 23.7 Å². The standard InChI is InChI=1S/C52H41NO/c1-3-10-35(11-4-1)37-18-21-41(22-19-37)53(48-15-9-17-50-51(48)44-14-7-8-16-49(44)54-50)42-23-25-46-45(32-42)43-24-20-38(36-12-5-2-6-13-36)31-47(43)52(46)39-27-33-26-34(29-39)30-40(52)28-33/h1-25,31-34,39-40H,26-30H2. The van der Waals surface area contributed by atoms with E-state index in [2.05, 4.69) is 169 Å². The Bertz CT molecular complexity index is 2690. The Labute approximate surface area is 316 Å². The zero-order valence-electron chi connectivity index (χ0n) is 30.3. The number of rotatable bonds is 5. The molecule has 5 aliphatic rings. The van der Waals surface area contributed by atoms with Crippen LogP contribution in [0.25, 0.3) is 55.3 Å². The summed E-state index contributed by atoms with van der Waals surface area (Å²) in [5.74, 6) is 3.22. The van der Waals surface area contributed by atoms with Gasteiger partial charge in [-0.15, -0.1) is 0 Å². The van der Waals surface area contributed by atoms with Crippen LogP contribution in [0.1, 0.15) is 43.2 Å². The summed E-state index contributed by atoms with van der Waals surface area (Å²) in [7, 11) is 0. The van der Waals surface area contributed by atoms with Crippen LogP contribution in [0.3, 0.4) is 0 Å². The van der Waals surface area contributed by atoms with E-state index in [1.165, 1.54) is 71.2 Å². The smallest absolute Gasteiger partial charge is 0.137 e. The van der Waals surface area contributed by atoms with Gasteiger partial charge in [0.2, 0.25) is 0 Å². The molecule has 0 saturated heterocycles. The molecule has 260 valence electrons. The molecule has 8 aromatic rings. The van der Waals surface area contributed by atoms with Crippen LogP contribution in [0.2, 0.25) is 0 Å². The predicted molar refractivity (Wildman–Crippen MR) is 223 cm³/mol. The van der Waals surface area contributed by atoms with Gasteiger partial charge in [0, 0.05) is 22.2 Å². The first kappa shape index (κ1) is 30.6. The normalized spacial score (nSPS) is 23.3. The zero-order valence-corrected chi connectivity index (χ0v) is 30.3. The zero-order chi connectivity index (χ0) is 35.4. The van der Waals surface area contributed by atoms with E-state index in [1.807, 2.05) is 0 Å². The molecule has 1 heterocycles. The molecule has 0 unspecified atom stereocenters. The van der Waals surface area contributed by atoms with Gasteiger partial charge in [0.15, 0.2) is 0 Å². The lowest BCUT2D eigenvalue weighted by Gasteiger charge is -2.61. The number of para-hydroxylation sites is 1. The van der Waals surface area contributed by atoms with Gasteiger partial charge in [-0.3, -0.25) is 0 Å². The van der Waals surface area contributed by atoms with Gasteiger partial charge in [-0.05, 0) is 149 Å². The fraction of sp³-hybridized carbons (Fsp3) is 0.192. The minimum Gasteiger partial charge on any atom is -0.456 e. The van der Waals surface area contributed by atoms with Crippen molar-refractivity contribution in [2.24, 2.45) is 23.7 Å². The highest BCUT2D eigenvalue weighted by atomic mass is 16.3. The van der Waals surface area contributed by atoms with Crippen molar-refractivity contribution >= 4 is 39.0 Å². The number of nitrogens with zero attached hydrogens (tertiary/aromatic N) is 1. The van der Waals surface area contributed by atoms with Crippen LogP contribution in [-0.4, -0.2) is 0 Å². The summed E-state index contributed by atoms with van der Waals surface area (Å²) in [4.78, 5) is 2.47. The van der Waals surface area contributed by atoms with E-state index in [0.29, 0.717) is 11.8 Å².